The lowest BCUT2D eigenvalue weighted by Gasteiger charge is -2.20. The lowest BCUT2D eigenvalue weighted by molar-refractivity contribution is -0.149. The number of carbonyl (C=O) groups is 2. The molecule has 10 nitrogen and oxygen atoms in total. The van der Waals surface area contributed by atoms with Crippen LogP contribution in [0.4, 0.5) is 9.80 Å². The Bertz CT molecular complexity index is 1350. The lowest BCUT2D eigenvalue weighted by atomic mass is 9.84. The van der Waals surface area contributed by atoms with Crippen LogP contribution in [0.5, 0.6) is 0 Å². The Hall–Kier alpha value is -3.04. The third-order valence-corrected chi connectivity index (χ3v) is 8.66. The Balaban J connectivity index is 1.43. The Kier molecular flexibility index (Phi) is 13.8. The van der Waals surface area contributed by atoms with Gasteiger partial charge in [-0.25, -0.2) is 9.59 Å². The Morgan fingerprint density at radius 3 is 2.47 bits per heavy atom. The zero-order valence-corrected chi connectivity index (χ0v) is 28.8. The van der Waals surface area contributed by atoms with Gasteiger partial charge in [0, 0.05) is 43.1 Å². The van der Waals surface area contributed by atoms with Gasteiger partial charge in [-0.15, -0.1) is 22.9 Å². The number of carbonyl (C=O) groups excluding carboxylic acids is 2. The molecular formula is C33H46ClN3O7S. The van der Waals surface area contributed by atoms with E-state index < -0.39 is 17.7 Å². The van der Waals surface area contributed by atoms with Gasteiger partial charge in [-0.05, 0) is 51.3 Å². The van der Waals surface area contributed by atoms with Gasteiger partial charge in [-0.1, -0.05) is 26.7 Å². The number of alkyl carbamates (subject to hydrolysis) is 1. The SMILES string of the molecule is CN(CCOC(=O)NCCOCCOCCCCCCCl)c1cc2c(s1)-c1oc(/C=C(\C#N)C(=O)OC(C)(C)C)cc1C2(C)C. The highest BCUT2D eigenvalue weighted by molar-refractivity contribution is 7.19. The number of thiophene rings is 1. The molecule has 1 aliphatic rings. The molecule has 0 spiro atoms. The molecule has 2 heterocycles. The average Bonchev–Trinajstić information content (AvgIpc) is 3.65. The van der Waals surface area contributed by atoms with Crippen LogP contribution in [0.1, 0.15) is 77.2 Å². The van der Waals surface area contributed by atoms with Gasteiger partial charge >= 0.3 is 12.1 Å². The molecule has 0 aromatic carbocycles. The van der Waals surface area contributed by atoms with Crippen LogP contribution in [0, 0.1) is 11.3 Å². The maximum atomic E-state index is 12.4. The van der Waals surface area contributed by atoms with Gasteiger partial charge in [0.15, 0.2) is 0 Å². The summed E-state index contributed by atoms with van der Waals surface area (Å²) in [6.07, 6.45) is 5.28. The van der Waals surface area contributed by atoms with E-state index in [9.17, 15) is 14.9 Å². The number of likely N-dealkylation sites (N-methyl/N-ethyl adjacent to an activating group) is 1. The van der Waals surface area contributed by atoms with Crippen molar-refractivity contribution in [3.63, 3.8) is 0 Å². The third kappa shape index (κ3) is 10.8. The van der Waals surface area contributed by atoms with Crippen molar-refractivity contribution in [1.82, 2.24) is 5.32 Å². The van der Waals surface area contributed by atoms with Gasteiger partial charge in [0.25, 0.3) is 0 Å². The first kappa shape index (κ1) is 36.4. The number of fused-ring (bicyclic) bond motifs is 3. The number of hydrogen-bond donors (Lipinski definition) is 1. The summed E-state index contributed by atoms with van der Waals surface area (Å²) in [5, 5.41) is 13.2. The van der Waals surface area contributed by atoms with Crippen molar-refractivity contribution in [3.05, 3.63) is 34.6 Å². The minimum Gasteiger partial charge on any atom is -0.456 e. The van der Waals surface area contributed by atoms with Crippen LogP contribution in [-0.2, 0) is 29.2 Å². The van der Waals surface area contributed by atoms with Crippen LogP contribution < -0.4 is 10.2 Å². The minimum atomic E-state index is -0.710. The largest absolute Gasteiger partial charge is 0.456 e. The topological polar surface area (TPSA) is 123 Å². The van der Waals surface area contributed by atoms with E-state index in [4.69, 9.17) is 35.0 Å². The Labute approximate surface area is 275 Å². The number of alkyl halides is 1. The maximum Gasteiger partial charge on any atom is 0.407 e. The molecule has 0 atom stereocenters. The zero-order chi connectivity index (χ0) is 33.0. The monoisotopic (exact) mass is 663 g/mol. The first-order valence-corrected chi connectivity index (χ1v) is 16.7. The number of nitrogens with one attached hydrogen (secondary N) is 1. The quantitative estimate of drug-likeness (QED) is 0.0597. The number of hydrogen-bond acceptors (Lipinski definition) is 10. The van der Waals surface area contributed by atoms with Crippen LogP contribution >= 0.6 is 22.9 Å². The van der Waals surface area contributed by atoms with Crippen molar-refractivity contribution in [1.29, 1.82) is 5.26 Å². The van der Waals surface area contributed by atoms with Gasteiger partial charge < -0.3 is 33.6 Å². The van der Waals surface area contributed by atoms with Gasteiger partial charge in [0.1, 0.15) is 35.4 Å². The van der Waals surface area contributed by atoms with Crippen LogP contribution in [0.2, 0.25) is 0 Å². The predicted molar refractivity (Wildman–Crippen MR) is 177 cm³/mol. The number of esters is 1. The lowest BCUT2D eigenvalue weighted by Crippen LogP contribution is -2.31. The number of nitrogens with zero attached hydrogens (tertiary/aromatic N) is 2. The molecule has 0 unspecified atom stereocenters. The molecule has 1 amide bonds. The van der Waals surface area contributed by atoms with E-state index in [0.29, 0.717) is 44.6 Å². The van der Waals surface area contributed by atoms with Gasteiger partial charge in [0.05, 0.1) is 36.2 Å². The van der Waals surface area contributed by atoms with E-state index in [1.54, 1.807) is 32.1 Å². The fourth-order valence-corrected chi connectivity index (χ4v) is 6.20. The molecule has 1 aliphatic carbocycles. The highest BCUT2D eigenvalue weighted by Crippen LogP contribution is 2.55. The second-order valence-electron chi connectivity index (χ2n) is 12.3. The van der Waals surface area contributed by atoms with Crippen molar-refractivity contribution < 1.29 is 33.0 Å². The van der Waals surface area contributed by atoms with Crippen LogP contribution in [0.3, 0.4) is 0 Å². The van der Waals surface area contributed by atoms with Crippen molar-refractivity contribution in [3.8, 4) is 16.7 Å². The summed E-state index contributed by atoms with van der Waals surface area (Å²) in [7, 11) is 1.95. The molecule has 0 aliphatic heterocycles. The number of unbranched alkanes of at least 4 members (excludes halogenated alkanes) is 3. The molecular weight excluding hydrogens is 618 g/mol. The number of halogens is 1. The van der Waals surface area contributed by atoms with Crippen LogP contribution in [0.25, 0.3) is 16.7 Å². The highest BCUT2D eigenvalue weighted by atomic mass is 35.5. The standard InChI is InChI=1S/C33H46ClN3O7S/c1-32(2,3)44-30(38)23(22-35)19-24-20-25-28(43-24)29-26(33(25,4)5)21-27(45-29)37(6)13-16-42-31(39)36-12-15-41-18-17-40-14-10-8-7-9-11-34/h19-21H,7-18H2,1-6H3,(H,36,39)/b23-19+. The molecule has 2 aromatic rings. The molecule has 0 saturated carbocycles. The summed E-state index contributed by atoms with van der Waals surface area (Å²) >= 11 is 7.25. The molecule has 0 radical (unpaired) electrons. The molecule has 0 saturated heterocycles. The summed E-state index contributed by atoms with van der Waals surface area (Å²) in [4.78, 5) is 27.6. The van der Waals surface area contributed by atoms with E-state index in [-0.39, 0.29) is 17.6 Å². The minimum absolute atomic E-state index is 0.121. The van der Waals surface area contributed by atoms with Gasteiger partial charge in [-0.2, -0.15) is 5.26 Å². The number of furan rings is 1. The van der Waals surface area contributed by atoms with Crippen molar-refractivity contribution in [2.24, 2.45) is 0 Å². The van der Waals surface area contributed by atoms with Gasteiger partial charge in [0.2, 0.25) is 0 Å². The number of rotatable bonds is 18. The first-order valence-electron chi connectivity index (χ1n) is 15.3. The normalized spacial score (nSPS) is 13.6. The predicted octanol–water partition coefficient (Wildman–Crippen LogP) is 6.89. The Morgan fingerprint density at radius 2 is 1.78 bits per heavy atom. The van der Waals surface area contributed by atoms with E-state index in [2.05, 4.69) is 25.2 Å². The number of anilines is 1. The number of nitriles is 1. The average molecular weight is 664 g/mol. The fraction of sp³-hybridized carbons (Fsp3) is 0.606. The summed E-state index contributed by atoms with van der Waals surface area (Å²) in [5.74, 6) is 1.18. The molecule has 3 rings (SSSR count). The summed E-state index contributed by atoms with van der Waals surface area (Å²) < 4.78 is 27.9. The highest BCUT2D eigenvalue weighted by Gasteiger charge is 2.41. The zero-order valence-electron chi connectivity index (χ0n) is 27.3. The van der Waals surface area contributed by atoms with Crippen molar-refractivity contribution >= 4 is 46.1 Å². The first-order chi connectivity index (χ1) is 21.4. The van der Waals surface area contributed by atoms with E-state index in [1.807, 2.05) is 24.1 Å². The second-order valence-corrected chi connectivity index (χ2v) is 13.7. The van der Waals surface area contributed by atoms with Crippen LogP contribution in [-0.4, -0.2) is 76.7 Å². The molecule has 1 N–H and O–H groups in total. The molecule has 0 fully saturated rings. The molecule has 0 bridgehead atoms. The fourth-order valence-electron chi connectivity index (χ4n) is 4.71. The second kappa shape index (κ2) is 17.0. The third-order valence-electron chi connectivity index (χ3n) is 7.15. The molecule has 2 aromatic heterocycles. The van der Waals surface area contributed by atoms with E-state index in [1.165, 1.54) is 6.08 Å². The Morgan fingerprint density at radius 1 is 1.07 bits per heavy atom. The van der Waals surface area contributed by atoms with E-state index >= 15 is 0 Å². The van der Waals surface area contributed by atoms with Gasteiger partial charge in [-0.3, -0.25) is 0 Å². The summed E-state index contributed by atoms with van der Waals surface area (Å²) in [6, 6.07) is 5.94. The molecule has 248 valence electrons. The van der Waals surface area contributed by atoms with Crippen LogP contribution in [0.15, 0.2) is 22.1 Å². The summed E-state index contributed by atoms with van der Waals surface area (Å²) in [6.45, 7) is 12.7. The smallest absolute Gasteiger partial charge is 0.407 e. The maximum absolute atomic E-state index is 12.4. The summed E-state index contributed by atoms with van der Waals surface area (Å²) in [5.41, 5.74) is 0.971. The number of ether oxygens (including phenoxy) is 4. The molecule has 12 heteroatoms. The molecule has 45 heavy (non-hydrogen) atoms. The van der Waals surface area contributed by atoms with Crippen molar-refractivity contribution in [2.45, 2.75) is 71.3 Å². The number of amides is 1. The van der Waals surface area contributed by atoms with Crippen molar-refractivity contribution in [2.75, 3.05) is 64.0 Å². The van der Waals surface area contributed by atoms with E-state index in [0.717, 1.165) is 59.1 Å².